The first-order valence-corrected chi connectivity index (χ1v) is 11.3. The van der Waals surface area contributed by atoms with Crippen molar-refractivity contribution in [3.63, 3.8) is 0 Å². The number of benzene rings is 1. The summed E-state index contributed by atoms with van der Waals surface area (Å²) in [7, 11) is -3.62. The number of carbonyl (C=O) groups is 3. The van der Waals surface area contributed by atoms with E-state index in [-0.39, 0.29) is 35.1 Å². The van der Waals surface area contributed by atoms with Crippen molar-refractivity contribution in [1.29, 1.82) is 0 Å². The lowest BCUT2D eigenvalue weighted by Gasteiger charge is -2.26. The Balaban J connectivity index is 1.38. The van der Waals surface area contributed by atoms with Crippen LogP contribution in [0, 0.1) is 11.8 Å². The molecule has 2 saturated heterocycles. The first-order chi connectivity index (χ1) is 14.4. The number of sulfonamides is 1. The third kappa shape index (κ3) is 3.90. The van der Waals surface area contributed by atoms with Gasteiger partial charge in [-0.3, -0.25) is 19.3 Å². The Bertz CT molecular complexity index is 956. The van der Waals surface area contributed by atoms with Crippen LogP contribution in [0.2, 0.25) is 0 Å². The molecule has 0 saturated carbocycles. The van der Waals surface area contributed by atoms with Crippen molar-refractivity contribution in [2.75, 3.05) is 38.2 Å². The van der Waals surface area contributed by atoms with E-state index in [0.717, 1.165) is 4.90 Å². The molecule has 2 fully saturated rings. The SMILES string of the molecule is O=C(CN1C(=O)[C@@H]2CC=CC[C@H]2C1=O)Nc1ccc(S(=O)(=O)N2CCOCC2)cc1. The molecule has 0 aromatic heterocycles. The maximum Gasteiger partial charge on any atom is 0.244 e. The highest BCUT2D eigenvalue weighted by atomic mass is 32.2. The third-order valence-corrected chi connectivity index (χ3v) is 7.56. The van der Waals surface area contributed by atoms with E-state index in [1.165, 1.54) is 28.6 Å². The summed E-state index contributed by atoms with van der Waals surface area (Å²) >= 11 is 0. The lowest BCUT2D eigenvalue weighted by atomic mass is 9.85. The molecule has 9 nitrogen and oxygen atoms in total. The second kappa shape index (κ2) is 8.29. The molecule has 10 heteroatoms. The molecule has 0 radical (unpaired) electrons. The third-order valence-electron chi connectivity index (χ3n) is 5.65. The molecule has 4 rings (SSSR count). The van der Waals surface area contributed by atoms with Crippen LogP contribution in [-0.4, -0.2) is 68.2 Å². The Morgan fingerprint density at radius 1 is 1.00 bits per heavy atom. The highest BCUT2D eigenvalue weighted by Gasteiger charge is 2.47. The second-order valence-electron chi connectivity index (χ2n) is 7.51. The summed E-state index contributed by atoms with van der Waals surface area (Å²) in [5.74, 6) is -1.88. The molecule has 1 aromatic carbocycles. The number of fused-ring (bicyclic) bond motifs is 1. The highest BCUT2D eigenvalue weighted by molar-refractivity contribution is 7.89. The zero-order valence-corrected chi connectivity index (χ0v) is 17.1. The number of hydrogen-bond donors (Lipinski definition) is 1. The summed E-state index contributed by atoms with van der Waals surface area (Å²) in [5, 5.41) is 2.62. The predicted octanol–water partition coefficient (Wildman–Crippen LogP) is 0.597. The standard InChI is InChI=1S/C20H23N3O6S/c24-18(13-23-19(25)16-3-1-2-4-17(16)20(23)26)21-14-5-7-15(8-6-14)30(27,28)22-9-11-29-12-10-22/h1-2,5-8,16-17H,3-4,9-13H2,(H,21,24)/t16-,17-/m1/s1. The minimum absolute atomic E-state index is 0.129. The van der Waals surface area contributed by atoms with Crippen LogP contribution in [0.4, 0.5) is 5.69 Å². The van der Waals surface area contributed by atoms with Gasteiger partial charge in [0.15, 0.2) is 0 Å². The Labute approximate surface area is 174 Å². The van der Waals surface area contributed by atoms with Crippen LogP contribution in [0.1, 0.15) is 12.8 Å². The first kappa shape index (κ1) is 20.7. The Hall–Kier alpha value is -2.56. The number of nitrogens with one attached hydrogen (secondary N) is 1. The molecule has 1 N–H and O–H groups in total. The van der Waals surface area contributed by atoms with E-state index in [4.69, 9.17) is 4.74 Å². The largest absolute Gasteiger partial charge is 0.379 e. The maximum atomic E-state index is 12.6. The van der Waals surface area contributed by atoms with Gasteiger partial charge in [0.1, 0.15) is 6.54 Å². The zero-order valence-electron chi connectivity index (χ0n) is 16.3. The smallest absolute Gasteiger partial charge is 0.244 e. The molecule has 0 spiro atoms. The number of rotatable bonds is 5. The topological polar surface area (TPSA) is 113 Å². The summed E-state index contributed by atoms with van der Waals surface area (Å²) in [6, 6.07) is 5.82. The number of allylic oxidation sites excluding steroid dienone is 2. The van der Waals surface area contributed by atoms with Gasteiger partial charge in [-0.15, -0.1) is 0 Å². The van der Waals surface area contributed by atoms with Crippen LogP contribution < -0.4 is 5.32 Å². The van der Waals surface area contributed by atoms with E-state index in [2.05, 4.69) is 5.32 Å². The first-order valence-electron chi connectivity index (χ1n) is 9.86. The second-order valence-corrected chi connectivity index (χ2v) is 9.45. The van der Waals surface area contributed by atoms with Crippen LogP contribution in [-0.2, 0) is 29.1 Å². The lowest BCUT2D eigenvalue weighted by Crippen LogP contribution is -2.40. The molecular formula is C20H23N3O6S. The van der Waals surface area contributed by atoms with Gasteiger partial charge in [-0.05, 0) is 37.1 Å². The van der Waals surface area contributed by atoms with E-state index >= 15 is 0 Å². The fourth-order valence-electron chi connectivity index (χ4n) is 4.02. The summed E-state index contributed by atoms with van der Waals surface area (Å²) in [5.41, 5.74) is 0.388. The van der Waals surface area contributed by atoms with Crippen molar-refractivity contribution in [3.8, 4) is 0 Å². The van der Waals surface area contributed by atoms with E-state index < -0.39 is 15.9 Å². The highest BCUT2D eigenvalue weighted by Crippen LogP contribution is 2.34. The summed E-state index contributed by atoms with van der Waals surface area (Å²) in [6.07, 6.45) is 4.82. The van der Waals surface area contributed by atoms with Gasteiger partial charge >= 0.3 is 0 Å². The maximum absolute atomic E-state index is 12.6. The number of imide groups is 1. The van der Waals surface area contributed by atoms with Crippen molar-refractivity contribution in [2.45, 2.75) is 17.7 Å². The number of carbonyl (C=O) groups excluding carboxylic acids is 3. The number of morpholine rings is 1. The number of ether oxygens (including phenoxy) is 1. The molecule has 0 unspecified atom stereocenters. The van der Waals surface area contributed by atoms with Gasteiger partial charge in [0.2, 0.25) is 27.7 Å². The molecule has 0 bridgehead atoms. The molecule has 1 aromatic rings. The minimum atomic E-state index is -3.62. The van der Waals surface area contributed by atoms with Gasteiger partial charge in [-0.2, -0.15) is 4.31 Å². The fourth-order valence-corrected chi connectivity index (χ4v) is 5.42. The van der Waals surface area contributed by atoms with E-state index in [1.54, 1.807) is 0 Å². The van der Waals surface area contributed by atoms with E-state index in [0.29, 0.717) is 44.8 Å². The number of nitrogens with zero attached hydrogens (tertiary/aromatic N) is 2. The molecule has 3 aliphatic rings. The monoisotopic (exact) mass is 433 g/mol. The van der Waals surface area contributed by atoms with Gasteiger partial charge in [0.05, 0.1) is 29.9 Å². The van der Waals surface area contributed by atoms with Crippen LogP contribution in [0.3, 0.4) is 0 Å². The van der Waals surface area contributed by atoms with Crippen molar-refractivity contribution in [3.05, 3.63) is 36.4 Å². The van der Waals surface area contributed by atoms with E-state index in [1.807, 2.05) is 12.2 Å². The summed E-state index contributed by atoms with van der Waals surface area (Å²) in [6.45, 7) is 0.975. The fraction of sp³-hybridized carbons (Fsp3) is 0.450. The molecule has 30 heavy (non-hydrogen) atoms. The van der Waals surface area contributed by atoms with Crippen molar-refractivity contribution in [2.24, 2.45) is 11.8 Å². The number of amides is 3. The van der Waals surface area contributed by atoms with Gasteiger partial charge < -0.3 is 10.1 Å². The summed E-state index contributed by atoms with van der Waals surface area (Å²) in [4.78, 5) is 38.4. The molecular weight excluding hydrogens is 410 g/mol. The molecule has 3 amide bonds. The molecule has 1 aliphatic carbocycles. The van der Waals surface area contributed by atoms with Crippen LogP contribution in [0.25, 0.3) is 0 Å². The Kier molecular flexibility index (Phi) is 5.72. The predicted molar refractivity (Wildman–Crippen MR) is 107 cm³/mol. The quantitative estimate of drug-likeness (QED) is 0.537. The average molecular weight is 433 g/mol. The van der Waals surface area contributed by atoms with Gasteiger partial charge in [-0.25, -0.2) is 8.42 Å². The number of anilines is 1. The minimum Gasteiger partial charge on any atom is -0.379 e. The number of likely N-dealkylation sites (tertiary alicyclic amines) is 1. The van der Waals surface area contributed by atoms with Crippen LogP contribution in [0.15, 0.2) is 41.3 Å². The van der Waals surface area contributed by atoms with Crippen molar-refractivity contribution < 1.29 is 27.5 Å². The Morgan fingerprint density at radius 3 is 2.13 bits per heavy atom. The molecule has 2 aliphatic heterocycles. The van der Waals surface area contributed by atoms with E-state index in [9.17, 15) is 22.8 Å². The molecule has 2 heterocycles. The molecule has 2 atom stereocenters. The zero-order chi connectivity index (χ0) is 21.3. The van der Waals surface area contributed by atoms with Gasteiger partial charge in [0, 0.05) is 18.8 Å². The van der Waals surface area contributed by atoms with Crippen LogP contribution >= 0.6 is 0 Å². The average Bonchev–Trinajstić information content (AvgIpc) is 3.00. The summed E-state index contributed by atoms with van der Waals surface area (Å²) < 4.78 is 31.8. The van der Waals surface area contributed by atoms with Crippen LogP contribution in [0.5, 0.6) is 0 Å². The normalized spacial score (nSPS) is 24.7. The Morgan fingerprint density at radius 2 is 1.57 bits per heavy atom. The number of hydrogen-bond acceptors (Lipinski definition) is 6. The van der Waals surface area contributed by atoms with Crippen molar-refractivity contribution in [1.82, 2.24) is 9.21 Å². The van der Waals surface area contributed by atoms with Gasteiger partial charge in [0.25, 0.3) is 0 Å². The van der Waals surface area contributed by atoms with Gasteiger partial charge in [-0.1, -0.05) is 12.2 Å². The lowest BCUT2D eigenvalue weighted by molar-refractivity contribution is -0.142. The van der Waals surface area contributed by atoms with Crippen molar-refractivity contribution >= 4 is 33.4 Å². The molecule has 160 valence electrons.